The Morgan fingerprint density at radius 2 is 1.86 bits per heavy atom. The van der Waals surface area contributed by atoms with Crippen molar-refractivity contribution in [2.75, 3.05) is 36.9 Å². The molecule has 1 fully saturated rings. The van der Waals surface area contributed by atoms with Gasteiger partial charge in [-0.3, -0.25) is 14.2 Å². The predicted molar refractivity (Wildman–Crippen MR) is 128 cm³/mol. The van der Waals surface area contributed by atoms with Gasteiger partial charge >= 0.3 is 0 Å². The van der Waals surface area contributed by atoms with Crippen molar-refractivity contribution in [1.82, 2.24) is 24.8 Å². The molecule has 2 aromatic heterocycles. The summed E-state index contributed by atoms with van der Waals surface area (Å²) in [6, 6.07) is 6.91. The van der Waals surface area contributed by atoms with Crippen LogP contribution in [0.5, 0.6) is 0 Å². The minimum atomic E-state index is -1.29. The number of carbonyl (C=O) groups is 2. The van der Waals surface area contributed by atoms with E-state index in [4.69, 9.17) is 10.5 Å². The number of aliphatic hydroxyl groups excluding tert-OH is 3. The predicted octanol–water partition coefficient (Wildman–Crippen LogP) is -1.89. The summed E-state index contributed by atoms with van der Waals surface area (Å²) in [6.07, 6.45) is -1.62. The number of hydrogen-bond acceptors (Lipinski definition) is 11. The third-order valence-electron chi connectivity index (χ3n) is 5.64. The van der Waals surface area contributed by atoms with Crippen molar-refractivity contribution in [3.05, 3.63) is 42.5 Å². The highest BCUT2D eigenvalue weighted by molar-refractivity contribution is 5.95. The molecule has 14 heteroatoms. The number of nitrogens with one attached hydrogen (secondary N) is 3. The third kappa shape index (κ3) is 5.58. The van der Waals surface area contributed by atoms with Gasteiger partial charge in [0.05, 0.1) is 25.9 Å². The number of aromatic nitrogens is 4. The van der Waals surface area contributed by atoms with Crippen LogP contribution >= 0.6 is 0 Å². The molecule has 14 nitrogen and oxygen atoms in total. The van der Waals surface area contributed by atoms with Crippen LogP contribution in [-0.2, 0) is 20.7 Å². The number of rotatable bonds is 10. The molecular formula is C22H28N8O6. The zero-order chi connectivity index (χ0) is 25.7. The Balaban J connectivity index is 1.36. The van der Waals surface area contributed by atoms with Gasteiger partial charge in [-0.15, -0.1) is 0 Å². The first kappa shape index (κ1) is 25.4. The molecule has 1 aromatic carbocycles. The van der Waals surface area contributed by atoms with Crippen molar-refractivity contribution in [1.29, 1.82) is 0 Å². The van der Waals surface area contributed by atoms with Gasteiger partial charge in [0, 0.05) is 18.8 Å². The molecular weight excluding hydrogens is 472 g/mol. The van der Waals surface area contributed by atoms with Crippen LogP contribution in [0.2, 0.25) is 0 Å². The molecule has 4 atom stereocenters. The fraction of sp³-hybridized carbons (Fsp3) is 0.409. The number of benzene rings is 1. The Kier molecular flexibility index (Phi) is 8.02. The molecule has 4 rings (SSSR count). The lowest BCUT2D eigenvalue weighted by atomic mass is 10.1. The molecule has 36 heavy (non-hydrogen) atoms. The molecule has 2 amide bonds. The van der Waals surface area contributed by atoms with Crippen LogP contribution in [0.25, 0.3) is 11.2 Å². The largest absolute Gasteiger partial charge is 0.394 e. The topological polar surface area (TPSA) is 210 Å². The monoisotopic (exact) mass is 500 g/mol. The second-order valence-electron chi connectivity index (χ2n) is 8.19. The molecule has 0 bridgehead atoms. The smallest absolute Gasteiger partial charge is 0.243 e. The average molecular weight is 501 g/mol. The van der Waals surface area contributed by atoms with E-state index in [0.29, 0.717) is 35.8 Å². The van der Waals surface area contributed by atoms with Gasteiger partial charge in [0.15, 0.2) is 23.2 Å². The highest BCUT2D eigenvalue weighted by Gasteiger charge is 2.44. The summed E-state index contributed by atoms with van der Waals surface area (Å²) >= 11 is 0. The first-order valence-electron chi connectivity index (χ1n) is 11.3. The van der Waals surface area contributed by atoms with E-state index < -0.39 is 31.1 Å². The van der Waals surface area contributed by atoms with E-state index in [-0.39, 0.29) is 24.8 Å². The van der Waals surface area contributed by atoms with Crippen LogP contribution in [0.4, 0.5) is 11.5 Å². The van der Waals surface area contributed by atoms with Gasteiger partial charge in [0.2, 0.25) is 11.8 Å². The minimum absolute atomic E-state index is 0.115. The number of ether oxygens (including phenoxy) is 1. The van der Waals surface area contributed by atoms with Gasteiger partial charge in [-0.2, -0.15) is 0 Å². The number of anilines is 2. The van der Waals surface area contributed by atoms with Crippen LogP contribution < -0.4 is 21.7 Å². The van der Waals surface area contributed by atoms with Crippen LogP contribution in [0.15, 0.2) is 36.9 Å². The van der Waals surface area contributed by atoms with E-state index in [1.807, 2.05) is 0 Å². The Morgan fingerprint density at radius 1 is 1.08 bits per heavy atom. The quantitative estimate of drug-likeness (QED) is 0.163. The Morgan fingerprint density at radius 3 is 2.56 bits per heavy atom. The maximum absolute atomic E-state index is 12.4. The number of imidazole rings is 1. The van der Waals surface area contributed by atoms with E-state index in [2.05, 4.69) is 30.9 Å². The Labute approximate surface area is 205 Å². The summed E-state index contributed by atoms with van der Waals surface area (Å²) in [5.74, 6) is -0.170. The lowest BCUT2D eigenvalue weighted by molar-refractivity contribution is -0.120. The summed E-state index contributed by atoms with van der Waals surface area (Å²) in [5.41, 5.74) is 7.38. The van der Waals surface area contributed by atoms with Crippen LogP contribution in [0, 0.1) is 0 Å². The van der Waals surface area contributed by atoms with Gasteiger partial charge in [-0.25, -0.2) is 15.0 Å². The molecule has 0 saturated carbocycles. The number of fused-ring (bicyclic) bond motifs is 1. The standard InChI is InChI=1S/C22H28N8O6/c23-5-6-24-15(32)7-12-1-3-13(4-2-12)29-16(33)8-25-20-17-21(27-10-26-20)30(11-28-17)22-19(35)18(34)14(9-31)36-22/h1-4,10-11,14,18-19,22,31,34-35H,5-9,23H2,(H,24,32)(H,29,33)(H,25,26,27). The lowest BCUT2D eigenvalue weighted by Gasteiger charge is -2.16. The van der Waals surface area contributed by atoms with Gasteiger partial charge in [-0.05, 0) is 17.7 Å². The van der Waals surface area contributed by atoms with E-state index >= 15 is 0 Å². The molecule has 0 radical (unpaired) electrons. The minimum Gasteiger partial charge on any atom is -0.394 e. The number of carbonyl (C=O) groups excluding carboxylic acids is 2. The molecule has 8 N–H and O–H groups in total. The second kappa shape index (κ2) is 11.4. The molecule has 1 aliphatic heterocycles. The molecule has 0 spiro atoms. The maximum Gasteiger partial charge on any atom is 0.243 e. The van der Waals surface area contributed by atoms with Crippen molar-refractivity contribution < 1.29 is 29.6 Å². The van der Waals surface area contributed by atoms with Crippen molar-refractivity contribution in [2.24, 2.45) is 5.73 Å². The molecule has 3 heterocycles. The molecule has 0 aliphatic carbocycles. The summed E-state index contributed by atoms with van der Waals surface area (Å²) in [5, 5.41) is 38.0. The van der Waals surface area contributed by atoms with E-state index in [1.165, 1.54) is 17.2 Å². The number of amides is 2. The van der Waals surface area contributed by atoms with Crippen LogP contribution in [0.1, 0.15) is 11.8 Å². The lowest BCUT2D eigenvalue weighted by Crippen LogP contribution is -2.33. The summed E-state index contributed by atoms with van der Waals surface area (Å²) in [7, 11) is 0. The van der Waals surface area contributed by atoms with Crippen molar-refractivity contribution in [3.8, 4) is 0 Å². The van der Waals surface area contributed by atoms with Crippen molar-refractivity contribution in [2.45, 2.75) is 31.0 Å². The fourth-order valence-corrected chi connectivity index (χ4v) is 3.81. The summed E-state index contributed by atoms with van der Waals surface area (Å²) < 4.78 is 6.97. The molecule has 4 unspecified atom stereocenters. The average Bonchev–Trinajstić information content (AvgIpc) is 3.43. The Bertz CT molecular complexity index is 1200. The second-order valence-corrected chi connectivity index (χ2v) is 8.19. The number of nitrogens with two attached hydrogens (primary N) is 1. The van der Waals surface area contributed by atoms with Gasteiger partial charge in [0.1, 0.15) is 24.6 Å². The number of nitrogens with zero attached hydrogens (tertiary/aromatic N) is 4. The molecule has 1 saturated heterocycles. The SMILES string of the molecule is NCCNC(=O)Cc1ccc(NC(=O)CNc2ncnc3c2ncn3C2OC(CO)C(O)C2O)cc1. The van der Waals surface area contributed by atoms with Gasteiger partial charge in [0.25, 0.3) is 0 Å². The third-order valence-corrected chi connectivity index (χ3v) is 5.64. The zero-order valence-corrected chi connectivity index (χ0v) is 19.2. The van der Waals surface area contributed by atoms with E-state index in [1.54, 1.807) is 24.3 Å². The van der Waals surface area contributed by atoms with Crippen LogP contribution in [-0.4, -0.2) is 91.2 Å². The van der Waals surface area contributed by atoms with Crippen LogP contribution in [0.3, 0.4) is 0 Å². The normalized spacial score (nSPS) is 21.4. The fourth-order valence-electron chi connectivity index (χ4n) is 3.81. The van der Waals surface area contributed by atoms with Gasteiger partial charge in [-0.1, -0.05) is 12.1 Å². The zero-order valence-electron chi connectivity index (χ0n) is 19.2. The molecule has 3 aromatic rings. The molecule has 192 valence electrons. The maximum atomic E-state index is 12.4. The van der Waals surface area contributed by atoms with Crippen molar-refractivity contribution in [3.63, 3.8) is 0 Å². The molecule has 1 aliphatic rings. The highest BCUT2D eigenvalue weighted by atomic mass is 16.6. The van der Waals surface area contributed by atoms with E-state index in [0.717, 1.165) is 5.56 Å². The summed E-state index contributed by atoms with van der Waals surface area (Å²) in [4.78, 5) is 36.8. The van der Waals surface area contributed by atoms with Crippen molar-refractivity contribution >= 4 is 34.5 Å². The summed E-state index contributed by atoms with van der Waals surface area (Å²) in [6.45, 7) is 0.226. The number of hydrogen-bond donors (Lipinski definition) is 7. The number of aliphatic hydroxyl groups is 3. The highest BCUT2D eigenvalue weighted by Crippen LogP contribution is 2.32. The van der Waals surface area contributed by atoms with Gasteiger partial charge < -0.3 is 41.7 Å². The van der Waals surface area contributed by atoms with E-state index in [9.17, 15) is 24.9 Å². The first-order chi connectivity index (χ1) is 17.4. The first-order valence-corrected chi connectivity index (χ1v) is 11.3. The Hall–Kier alpha value is -3.69.